The summed E-state index contributed by atoms with van der Waals surface area (Å²) in [6, 6.07) is 12.7. The first-order valence-electron chi connectivity index (χ1n) is 10.9. The van der Waals surface area contributed by atoms with Crippen molar-refractivity contribution in [3.8, 4) is 22.8 Å². The number of alkyl halides is 5. The van der Waals surface area contributed by atoms with Gasteiger partial charge in [-0.15, -0.1) is 8.78 Å². The van der Waals surface area contributed by atoms with Crippen LogP contribution in [0.4, 0.5) is 27.8 Å². The van der Waals surface area contributed by atoms with Gasteiger partial charge in [0.1, 0.15) is 5.82 Å². The Kier molecular flexibility index (Phi) is 5.43. The number of nitrogens with one attached hydrogen (secondary N) is 1. The maximum atomic E-state index is 13.4. The zero-order valence-corrected chi connectivity index (χ0v) is 18.7. The Morgan fingerprint density at radius 3 is 2.33 bits per heavy atom. The first-order valence-corrected chi connectivity index (χ1v) is 10.9. The third-order valence-corrected chi connectivity index (χ3v) is 6.29. The minimum Gasteiger partial charge on any atom is -0.395 e. The van der Waals surface area contributed by atoms with Crippen LogP contribution < -0.4 is 14.8 Å². The maximum Gasteiger partial charge on any atom is 0.586 e. The van der Waals surface area contributed by atoms with Crippen LogP contribution in [0.1, 0.15) is 35.6 Å². The summed E-state index contributed by atoms with van der Waals surface area (Å²) in [5.41, 5.74) is 0.931. The smallest absolute Gasteiger partial charge is 0.395 e. The number of aliphatic hydroxyl groups excluding tert-OH is 1. The molecule has 3 aromatic rings. The zero-order chi connectivity index (χ0) is 25.9. The van der Waals surface area contributed by atoms with E-state index in [4.69, 9.17) is 0 Å². The lowest BCUT2D eigenvalue weighted by Crippen LogP contribution is -2.28. The molecule has 2 aromatic carbocycles. The molecule has 5 rings (SSSR count). The molecule has 1 aromatic heterocycles. The summed E-state index contributed by atoms with van der Waals surface area (Å²) in [5, 5.41) is 12.2. The van der Waals surface area contributed by atoms with Crippen LogP contribution in [0.15, 0.2) is 54.6 Å². The number of pyridine rings is 1. The van der Waals surface area contributed by atoms with E-state index in [2.05, 4.69) is 19.8 Å². The number of nitrogens with zero attached hydrogens (tertiary/aromatic N) is 1. The summed E-state index contributed by atoms with van der Waals surface area (Å²) in [4.78, 5) is 17.6. The van der Waals surface area contributed by atoms with Crippen molar-refractivity contribution < 1.29 is 41.3 Å². The molecule has 1 fully saturated rings. The normalized spacial score (nSPS) is 18.0. The third kappa shape index (κ3) is 4.34. The number of aromatic nitrogens is 1. The molecule has 1 unspecified atom stereocenters. The summed E-state index contributed by atoms with van der Waals surface area (Å²) >= 11 is 0. The average Bonchev–Trinajstić information content (AvgIpc) is 3.56. The maximum absolute atomic E-state index is 13.4. The van der Waals surface area contributed by atoms with E-state index in [9.17, 15) is 31.9 Å². The number of hydrogen-bond acceptors (Lipinski definition) is 5. The topological polar surface area (TPSA) is 80.7 Å². The van der Waals surface area contributed by atoms with Crippen LogP contribution in [0.2, 0.25) is 0 Å². The monoisotopic (exact) mass is 506 g/mol. The van der Waals surface area contributed by atoms with Gasteiger partial charge in [-0.1, -0.05) is 36.4 Å². The van der Waals surface area contributed by atoms with Crippen LogP contribution in [0.5, 0.6) is 11.5 Å². The molecule has 0 bridgehead atoms. The largest absolute Gasteiger partial charge is 0.586 e. The summed E-state index contributed by atoms with van der Waals surface area (Å²) in [6.07, 6.45) is -10.1. The summed E-state index contributed by atoms with van der Waals surface area (Å²) in [6.45, 7) is 1.76. The molecule has 0 saturated heterocycles. The van der Waals surface area contributed by atoms with Crippen molar-refractivity contribution in [2.75, 3.05) is 5.32 Å². The highest BCUT2D eigenvalue weighted by Crippen LogP contribution is 2.52. The van der Waals surface area contributed by atoms with E-state index < -0.39 is 24.0 Å². The fourth-order valence-corrected chi connectivity index (χ4v) is 4.16. The van der Waals surface area contributed by atoms with Gasteiger partial charge in [0.05, 0.1) is 11.1 Å². The molecule has 1 saturated carbocycles. The highest BCUT2D eigenvalue weighted by molar-refractivity contribution is 6.01. The standard InChI is InChI=1S/C25H19F5N2O4/c1-13-2-9-19(31-20(13)14-3-5-15(6-4-14)21(33)24(26,27)28)32-22(34)23(10-11-23)16-7-8-17-18(12-16)36-25(29,30)35-17/h2-9,12,21,33H,10-11H2,1H3,(H,31,32,34). The van der Waals surface area contributed by atoms with E-state index in [-0.39, 0.29) is 28.8 Å². The molecule has 2 aliphatic rings. The molecule has 1 aliphatic carbocycles. The Labute approximate surface area is 201 Å². The predicted molar refractivity (Wildman–Crippen MR) is 118 cm³/mol. The lowest BCUT2D eigenvalue weighted by atomic mass is 9.94. The molecule has 0 spiro atoms. The number of aryl methyl sites for hydroxylation is 1. The first kappa shape index (κ1) is 24.0. The van der Waals surface area contributed by atoms with Crippen molar-refractivity contribution in [1.29, 1.82) is 0 Å². The average molecular weight is 506 g/mol. The summed E-state index contributed by atoms with van der Waals surface area (Å²) in [5.74, 6) is -0.414. The van der Waals surface area contributed by atoms with Crippen LogP contribution in [-0.4, -0.2) is 28.5 Å². The van der Waals surface area contributed by atoms with Gasteiger partial charge in [0.2, 0.25) is 5.91 Å². The van der Waals surface area contributed by atoms with E-state index in [0.29, 0.717) is 29.7 Å². The fourth-order valence-electron chi connectivity index (χ4n) is 4.16. The predicted octanol–water partition coefficient (Wildman–Crippen LogP) is 5.64. The van der Waals surface area contributed by atoms with Gasteiger partial charge in [-0.25, -0.2) is 4.98 Å². The number of hydrogen-bond donors (Lipinski definition) is 2. The number of carbonyl (C=O) groups excluding carboxylic acids is 1. The number of rotatable bonds is 5. The van der Waals surface area contributed by atoms with E-state index in [0.717, 1.165) is 5.56 Å². The van der Waals surface area contributed by atoms with Crippen LogP contribution in [-0.2, 0) is 10.2 Å². The Bertz CT molecular complexity index is 1340. The van der Waals surface area contributed by atoms with Crippen LogP contribution >= 0.6 is 0 Å². The van der Waals surface area contributed by atoms with Crippen molar-refractivity contribution in [2.24, 2.45) is 0 Å². The van der Waals surface area contributed by atoms with Gasteiger partial charge in [0.25, 0.3) is 0 Å². The van der Waals surface area contributed by atoms with E-state index in [1.807, 2.05) is 0 Å². The van der Waals surface area contributed by atoms with Crippen LogP contribution in [0, 0.1) is 6.92 Å². The molecular formula is C25H19F5N2O4. The molecule has 0 radical (unpaired) electrons. The molecule has 1 aliphatic heterocycles. The van der Waals surface area contributed by atoms with E-state index >= 15 is 0 Å². The molecule has 188 valence electrons. The fraction of sp³-hybridized carbons (Fsp3) is 0.280. The van der Waals surface area contributed by atoms with Gasteiger partial charge in [-0.05, 0) is 54.7 Å². The molecular weight excluding hydrogens is 487 g/mol. The Morgan fingerprint density at radius 2 is 1.69 bits per heavy atom. The number of ether oxygens (including phenoxy) is 2. The molecule has 1 amide bonds. The lowest BCUT2D eigenvalue weighted by molar-refractivity contribution is -0.286. The number of carbonyl (C=O) groups is 1. The molecule has 36 heavy (non-hydrogen) atoms. The number of benzene rings is 2. The van der Waals surface area contributed by atoms with Gasteiger partial charge in [0.15, 0.2) is 17.6 Å². The molecule has 1 atom stereocenters. The number of amides is 1. The number of halogens is 5. The lowest BCUT2D eigenvalue weighted by Gasteiger charge is -2.17. The van der Waals surface area contributed by atoms with Gasteiger partial charge in [-0.3, -0.25) is 4.79 Å². The third-order valence-electron chi connectivity index (χ3n) is 6.29. The van der Waals surface area contributed by atoms with Crippen molar-refractivity contribution >= 4 is 11.7 Å². The van der Waals surface area contributed by atoms with Gasteiger partial charge >= 0.3 is 12.5 Å². The Hall–Kier alpha value is -3.73. The van der Waals surface area contributed by atoms with Gasteiger partial charge < -0.3 is 19.9 Å². The minimum absolute atomic E-state index is 0.112. The SMILES string of the molecule is Cc1ccc(NC(=O)C2(c3ccc4c(c3)OC(F)(F)O4)CC2)nc1-c1ccc(C(O)C(F)(F)F)cc1. The quantitative estimate of drug-likeness (QED) is 0.438. The van der Waals surface area contributed by atoms with E-state index in [1.54, 1.807) is 25.1 Å². The molecule has 6 nitrogen and oxygen atoms in total. The number of fused-ring (bicyclic) bond motifs is 1. The zero-order valence-electron chi connectivity index (χ0n) is 18.7. The second-order valence-corrected chi connectivity index (χ2v) is 8.79. The Balaban J connectivity index is 1.36. The summed E-state index contributed by atoms with van der Waals surface area (Å²) < 4.78 is 73.9. The van der Waals surface area contributed by atoms with Gasteiger partial charge in [0, 0.05) is 5.56 Å². The molecule has 2 N–H and O–H groups in total. The van der Waals surface area contributed by atoms with Crippen molar-refractivity contribution in [3.63, 3.8) is 0 Å². The van der Waals surface area contributed by atoms with Crippen molar-refractivity contribution in [2.45, 2.75) is 43.8 Å². The highest BCUT2D eigenvalue weighted by Gasteiger charge is 2.53. The van der Waals surface area contributed by atoms with Gasteiger partial charge in [-0.2, -0.15) is 13.2 Å². The van der Waals surface area contributed by atoms with Crippen molar-refractivity contribution in [3.05, 3.63) is 71.3 Å². The number of aliphatic hydroxyl groups is 1. The van der Waals surface area contributed by atoms with E-state index in [1.165, 1.54) is 36.4 Å². The minimum atomic E-state index is -4.78. The second kappa shape index (κ2) is 8.16. The Morgan fingerprint density at radius 1 is 1.03 bits per heavy atom. The number of anilines is 1. The highest BCUT2D eigenvalue weighted by atomic mass is 19.4. The summed E-state index contributed by atoms with van der Waals surface area (Å²) in [7, 11) is 0. The molecule has 2 heterocycles. The van der Waals surface area contributed by atoms with Crippen molar-refractivity contribution in [1.82, 2.24) is 4.98 Å². The first-order chi connectivity index (χ1) is 16.9. The van der Waals surface area contributed by atoms with Crippen LogP contribution in [0.25, 0.3) is 11.3 Å². The molecule has 11 heteroatoms. The second-order valence-electron chi connectivity index (χ2n) is 8.79. The van der Waals surface area contributed by atoms with Crippen LogP contribution in [0.3, 0.4) is 0 Å².